The lowest BCUT2D eigenvalue weighted by Gasteiger charge is -2.19. The Bertz CT molecular complexity index is 2580. The maximum Gasteiger partial charge on any atom is 0.260 e. The van der Waals surface area contributed by atoms with Crippen LogP contribution in [0, 0.1) is 0 Å². The fraction of sp³-hybridized carbons (Fsp3) is 0.407. The Morgan fingerprint density at radius 3 is 1.32 bits per heavy atom. The van der Waals surface area contributed by atoms with E-state index in [1.54, 1.807) is 47.4 Å². The van der Waals surface area contributed by atoms with Gasteiger partial charge in [-0.15, -0.1) is 0 Å². The van der Waals surface area contributed by atoms with Crippen molar-refractivity contribution >= 4 is 46.8 Å². The Morgan fingerprint density at radius 1 is 0.486 bits per heavy atom. The van der Waals surface area contributed by atoms with Gasteiger partial charge in [-0.3, -0.25) is 19.6 Å². The molecule has 0 radical (unpaired) electrons. The van der Waals surface area contributed by atoms with Crippen LogP contribution < -0.4 is 34.2 Å². The van der Waals surface area contributed by atoms with Crippen molar-refractivity contribution in [3.8, 4) is 34.5 Å². The molecule has 0 bridgehead atoms. The number of methoxy groups -OCH3 is 3. The van der Waals surface area contributed by atoms with Crippen molar-refractivity contribution in [3.63, 3.8) is 0 Å². The van der Waals surface area contributed by atoms with Crippen molar-refractivity contribution < 1.29 is 61.7 Å². The molecule has 2 unspecified atom stereocenters. The summed E-state index contributed by atoms with van der Waals surface area (Å²) in [5.74, 6) is 2.90. The van der Waals surface area contributed by atoms with E-state index >= 15 is 0 Å². The Hall–Kier alpha value is -6.80. The van der Waals surface area contributed by atoms with Crippen LogP contribution in [-0.4, -0.2) is 160 Å². The highest BCUT2D eigenvalue weighted by molar-refractivity contribution is 6.06. The minimum absolute atomic E-state index is 0.165. The molecular formula is C54H63N5O13. The van der Waals surface area contributed by atoms with Crippen LogP contribution in [0.2, 0.25) is 0 Å². The first-order valence-electron chi connectivity index (χ1n) is 24.2. The molecule has 2 amide bonds. The van der Waals surface area contributed by atoms with Crippen LogP contribution >= 0.6 is 0 Å². The summed E-state index contributed by atoms with van der Waals surface area (Å²) < 4.78 is 62.2. The standard InChI is InChI=1S/C54H63N5O13/c1-62-43-9-5-37(6-10-43)39-27-41-33-56-47-31-51(49(63-2)29-45(47)53(60)58(41)35-39)71-14-4-15-72-52-32-48-46(30-50(52)64-3)54(61)59-36-40(28-42(59)34-57-48)38-7-11-44(12-8-38)70-26-25-69-24-23-68-22-21-67-20-19-66-18-17-65-16-13-55/h5-12,29-36,41-42H,4,13-28,55H2,1-3H3. The molecular weight excluding hydrogens is 927 g/mol. The minimum Gasteiger partial charge on any atom is -0.497 e. The largest absolute Gasteiger partial charge is 0.497 e. The molecule has 4 aliphatic heterocycles. The average molecular weight is 990 g/mol. The third kappa shape index (κ3) is 13.2. The molecule has 4 aromatic rings. The summed E-state index contributed by atoms with van der Waals surface area (Å²) in [5.41, 5.74) is 11.3. The molecule has 0 saturated carbocycles. The highest BCUT2D eigenvalue weighted by Gasteiger charge is 2.35. The monoisotopic (exact) mass is 989 g/mol. The predicted molar refractivity (Wildman–Crippen MR) is 271 cm³/mol. The molecule has 0 fully saturated rings. The van der Waals surface area contributed by atoms with Gasteiger partial charge in [-0.25, -0.2) is 0 Å². The van der Waals surface area contributed by atoms with E-state index in [1.807, 2.05) is 67.1 Å². The van der Waals surface area contributed by atoms with Gasteiger partial charge in [0.2, 0.25) is 0 Å². The van der Waals surface area contributed by atoms with Crippen LogP contribution in [0.15, 0.2) is 95.2 Å². The van der Waals surface area contributed by atoms with E-state index in [0.717, 1.165) is 33.8 Å². The molecule has 0 aliphatic carbocycles. The summed E-state index contributed by atoms with van der Waals surface area (Å²) in [6.07, 6.45) is 9.15. The van der Waals surface area contributed by atoms with Crippen molar-refractivity contribution in [2.45, 2.75) is 31.3 Å². The number of carbonyl (C=O) groups excluding carboxylic acids is 2. The van der Waals surface area contributed by atoms with Crippen molar-refractivity contribution in [2.75, 3.05) is 114 Å². The number of carbonyl (C=O) groups is 2. The highest BCUT2D eigenvalue weighted by atomic mass is 16.6. The van der Waals surface area contributed by atoms with Crippen LogP contribution in [0.5, 0.6) is 34.5 Å². The summed E-state index contributed by atoms with van der Waals surface area (Å²) in [4.78, 5) is 40.7. The molecule has 0 spiro atoms. The molecule has 4 aliphatic rings. The van der Waals surface area contributed by atoms with Crippen molar-refractivity contribution in [2.24, 2.45) is 15.7 Å². The first kappa shape index (κ1) is 51.6. The summed E-state index contributed by atoms with van der Waals surface area (Å²) in [7, 11) is 4.71. The Balaban J connectivity index is 0.760. The van der Waals surface area contributed by atoms with Crippen LogP contribution in [-0.2, 0) is 23.7 Å². The van der Waals surface area contributed by atoms with E-state index in [9.17, 15) is 9.59 Å². The third-order valence-corrected chi connectivity index (χ3v) is 12.2. The molecule has 8 rings (SSSR count). The van der Waals surface area contributed by atoms with E-state index in [2.05, 4.69) is 0 Å². The zero-order chi connectivity index (χ0) is 50.1. The number of benzene rings is 4. The maximum atomic E-state index is 14.0. The van der Waals surface area contributed by atoms with Crippen LogP contribution in [0.1, 0.15) is 51.1 Å². The minimum atomic E-state index is -0.255. The lowest BCUT2D eigenvalue weighted by molar-refractivity contribution is -0.0122. The molecule has 2 N–H and O–H groups in total. The summed E-state index contributed by atoms with van der Waals surface area (Å²) in [5, 5.41) is 0. The number of nitrogens with two attached hydrogens (primary N) is 1. The van der Waals surface area contributed by atoms with Gasteiger partial charge in [0.1, 0.15) is 18.1 Å². The van der Waals surface area contributed by atoms with Gasteiger partial charge in [0.05, 0.1) is 135 Å². The average Bonchev–Trinajstić information content (AvgIpc) is 3.99. The summed E-state index contributed by atoms with van der Waals surface area (Å²) in [6, 6.07) is 22.0. The quantitative estimate of drug-likeness (QED) is 0.0551. The molecule has 0 saturated heterocycles. The van der Waals surface area contributed by atoms with Gasteiger partial charge in [0.25, 0.3) is 11.8 Å². The van der Waals surface area contributed by atoms with Crippen LogP contribution in [0.25, 0.3) is 11.1 Å². The lowest BCUT2D eigenvalue weighted by Crippen LogP contribution is -2.32. The van der Waals surface area contributed by atoms with E-state index in [0.29, 0.717) is 144 Å². The van der Waals surface area contributed by atoms with Gasteiger partial charge in [0, 0.05) is 62.8 Å². The second kappa shape index (κ2) is 26.1. The molecule has 382 valence electrons. The molecule has 4 aromatic carbocycles. The van der Waals surface area contributed by atoms with Gasteiger partial charge >= 0.3 is 0 Å². The zero-order valence-corrected chi connectivity index (χ0v) is 41.1. The Morgan fingerprint density at radius 2 is 0.903 bits per heavy atom. The lowest BCUT2D eigenvalue weighted by atomic mass is 10.0. The van der Waals surface area contributed by atoms with Crippen LogP contribution in [0.4, 0.5) is 11.4 Å². The second-order valence-electron chi connectivity index (χ2n) is 16.9. The van der Waals surface area contributed by atoms with E-state index in [-0.39, 0.29) is 37.1 Å². The molecule has 4 heterocycles. The number of hydrogen-bond donors (Lipinski definition) is 1. The number of amides is 2. The summed E-state index contributed by atoms with van der Waals surface area (Å²) in [6.45, 7) is 6.37. The number of ether oxygens (including phenoxy) is 11. The van der Waals surface area contributed by atoms with Gasteiger partial charge in [-0.2, -0.15) is 0 Å². The number of hydrogen-bond acceptors (Lipinski definition) is 16. The predicted octanol–water partition coefficient (Wildman–Crippen LogP) is 6.92. The smallest absolute Gasteiger partial charge is 0.260 e. The Labute approximate surface area is 419 Å². The van der Waals surface area contributed by atoms with E-state index in [4.69, 9.17) is 67.8 Å². The molecule has 18 heteroatoms. The van der Waals surface area contributed by atoms with Gasteiger partial charge in [0.15, 0.2) is 23.0 Å². The Kier molecular flexibility index (Phi) is 18.7. The maximum absolute atomic E-state index is 14.0. The first-order chi connectivity index (χ1) is 35.4. The molecule has 2 atom stereocenters. The SMILES string of the molecule is COc1ccc(C2=CN3C(=O)c4cc(OC)c(OCCCOc5cc6c(cc5OC)C(=O)N5C=C(c7ccc(OCCOCCOCCOCCOCCOCCN)cc7)CC5C=N6)cc4N=CC3C2)cc1. The third-order valence-electron chi connectivity index (χ3n) is 12.2. The number of aliphatic imine (C=N–C) groups is 2. The molecule has 72 heavy (non-hydrogen) atoms. The molecule has 0 aromatic heterocycles. The van der Waals surface area contributed by atoms with Crippen molar-refractivity contribution in [1.82, 2.24) is 9.80 Å². The van der Waals surface area contributed by atoms with Crippen LogP contribution in [0.3, 0.4) is 0 Å². The number of rotatable bonds is 29. The second-order valence-corrected chi connectivity index (χ2v) is 16.9. The van der Waals surface area contributed by atoms with Gasteiger partial charge in [-0.1, -0.05) is 24.3 Å². The zero-order valence-electron chi connectivity index (χ0n) is 41.1. The first-order valence-corrected chi connectivity index (χ1v) is 24.2. The van der Waals surface area contributed by atoms with Gasteiger partial charge < -0.3 is 67.6 Å². The number of fused-ring (bicyclic) bond motifs is 4. The fourth-order valence-corrected chi connectivity index (χ4v) is 8.42. The molecule has 18 nitrogen and oxygen atoms in total. The van der Waals surface area contributed by atoms with E-state index < -0.39 is 0 Å². The van der Waals surface area contributed by atoms with Crippen molar-refractivity contribution in [1.29, 1.82) is 0 Å². The van der Waals surface area contributed by atoms with Gasteiger partial charge in [-0.05, 0) is 58.7 Å². The number of nitrogens with zero attached hydrogens (tertiary/aromatic N) is 4. The topological polar surface area (TPSA) is 193 Å². The highest BCUT2D eigenvalue weighted by Crippen LogP contribution is 2.42. The summed E-state index contributed by atoms with van der Waals surface area (Å²) >= 11 is 0. The van der Waals surface area contributed by atoms with E-state index in [1.165, 1.54) is 14.2 Å². The fourth-order valence-electron chi connectivity index (χ4n) is 8.42. The normalized spacial score (nSPS) is 16.6. The van der Waals surface area contributed by atoms with Crippen molar-refractivity contribution in [3.05, 3.63) is 107 Å².